The van der Waals surface area contributed by atoms with Crippen molar-refractivity contribution in [3.05, 3.63) is 35.6 Å². The summed E-state index contributed by atoms with van der Waals surface area (Å²) in [6, 6.07) is 5.37. The van der Waals surface area contributed by atoms with Crippen LogP contribution in [0, 0.1) is 5.82 Å². The zero-order valence-electron chi connectivity index (χ0n) is 8.02. The lowest BCUT2D eigenvalue weighted by molar-refractivity contribution is -0.137. The maximum Gasteiger partial charge on any atom is 0.321 e. The van der Waals surface area contributed by atoms with Gasteiger partial charge in [-0.2, -0.15) is 11.8 Å². The van der Waals surface area contributed by atoms with E-state index < -0.39 is 12.0 Å². The molecule has 1 rings (SSSR count). The molecule has 0 aromatic heterocycles. The van der Waals surface area contributed by atoms with Crippen molar-refractivity contribution in [2.75, 3.05) is 5.75 Å². The van der Waals surface area contributed by atoms with Crippen LogP contribution in [0.2, 0.25) is 0 Å². The molecule has 1 aromatic rings. The monoisotopic (exact) mass is 229 g/mol. The van der Waals surface area contributed by atoms with Crippen molar-refractivity contribution >= 4 is 17.7 Å². The number of benzene rings is 1. The standard InChI is InChI=1S/C10H12FNO2S/c11-8-3-1-2-7(4-8)5-15-6-9(12)10(13)14/h1-4,9H,5-6,12H2,(H,13,14). The maximum absolute atomic E-state index is 12.8. The van der Waals surface area contributed by atoms with E-state index in [2.05, 4.69) is 0 Å². The third kappa shape index (κ3) is 4.31. The van der Waals surface area contributed by atoms with Crippen LogP contribution in [-0.2, 0) is 10.5 Å². The highest BCUT2D eigenvalue weighted by molar-refractivity contribution is 7.98. The zero-order valence-corrected chi connectivity index (χ0v) is 8.84. The van der Waals surface area contributed by atoms with Crippen molar-refractivity contribution in [2.45, 2.75) is 11.8 Å². The van der Waals surface area contributed by atoms with Crippen molar-refractivity contribution in [3.63, 3.8) is 0 Å². The molecule has 1 atom stereocenters. The predicted octanol–water partition coefficient (Wildman–Crippen LogP) is 1.47. The molecule has 0 spiro atoms. The van der Waals surface area contributed by atoms with Crippen LogP contribution in [0.4, 0.5) is 4.39 Å². The molecule has 0 saturated heterocycles. The van der Waals surface area contributed by atoms with Gasteiger partial charge in [-0.05, 0) is 17.7 Å². The number of carboxylic acid groups (broad SMARTS) is 1. The van der Waals surface area contributed by atoms with Crippen LogP contribution < -0.4 is 5.73 Å². The van der Waals surface area contributed by atoms with Gasteiger partial charge in [0.05, 0.1) is 0 Å². The normalized spacial score (nSPS) is 12.4. The summed E-state index contributed by atoms with van der Waals surface area (Å²) < 4.78 is 12.8. The van der Waals surface area contributed by atoms with Gasteiger partial charge < -0.3 is 10.8 Å². The highest BCUT2D eigenvalue weighted by Crippen LogP contribution is 2.13. The number of aliphatic carboxylic acids is 1. The topological polar surface area (TPSA) is 63.3 Å². The van der Waals surface area contributed by atoms with Gasteiger partial charge in [0.25, 0.3) is 0 Å². The van der Waals surface area contributed by atoms with Crippen molar-refractivity contribution in [1.82, 2.24) is 0 Å². The van der Waals surface area contributed by atoms with Gasteiger partial charge in [0, 0.05) is 11.5 Å². The Kier molecular flexibility index (Phi) is 4.58. The fraction of sp³-hybridized carbons (Fsp3) is 0.300. The Morgan fingerprint density at radius 2 is 2.33 bits per heavy atom. The molecule has 3 N–H and O–H groups in total. The second-order valence-corrected chi connectivity index (χ2v) is 4.12. The van der Waals surface area contributed by atoms with Gasteiger partial charge in [-0.1, -0.05) is 12.1 Å². The number of carboxylic acids is 1. The molecule has 1 aromatic carbocycles. The van der Waals surface area contributed by atoms with E-state index in [1.165, 1.54) is 23.9 Å². The van der Waals surface area contributed by atoms with Crippen molar-refractivity contribution in [1.29, 1.82) is 0 Å². The van der Waals surface area contributed by atoms with Gasteiger partial charge in [0.2, 0.25) is 0 Å². The largest absolute Gasteiger partial charge is 0.480 e. The van der Waals surface area contributed by atoms with E-state index in [4.69, 9.17) is 10.8 Å². The van der Waals surface area contributed by atoms with Crippen LogP contribution in [0.25, 0.3) is 0 Å². The van der Waals surface area contributed by atoms with Gasteiger partial charge in [0.1, 0.15) is 11.9 Å². The summed E-state index contributed by atoms with van der Waals surface area (Å²) in [4.78, 5) is 10.4. The number of thioether (sulfide) groups is 1. The molecule has 3 nitrogen and oxygen atoms in total. The van der Waals surface area contributed by atoms with Gasteiger partial charge >= 0.3 is 5.97 Å². The highest BCUT2D eigenvalue weighted by Gasteiger charge is 2.10. The minimum absolute atomic E-state index is 0.282. The van der Waals surface area contributed by atoms with Crippen LogP contribution >= 0.6 is 11.8 Å². The van der Waals surface area contributed by atoms with Crippen molar-refractivity contribution < 1.29 is 14.3 Å². The second-order valence-electron chi connectivity index (χ2n) is 3.09. The van der Waals surface area contributed by atoms with Crippen LogP contribution in [0.15, 0.2) is 24.3 Å². The minimum Gasteiger partial charge on any atom is -0.480 e. The summed E-state index contributed by atoms with van der Waals surface area (Å²) in [5.74, 6) is -0.401. The Morgan fingerprint density at radius 3 is 2.93 bits per heavy atom. The molecule has 0 radical (unpaired) electrons. The first-order valence-electron chi connectivity index (χ1n) is 4.40. The molecule has 0 bridgehead atoms. The van der Waals surface area contributed by atoms with Crippen LogP contribution in [0.1, 0.15) is 5.56 Å². The summed E-state index contributed by atoms with van der Waals surface area (Å²) in [6.07, 6.45) is 0. The lowest BCUT2D eigenvalue weighted by Gasteiger charge is -2.05. The third-order valence-corrected chi connectivity index (χ3v) is 2.90. The summed E-state index contributed by atoms with van der Waals surface area (Å²) in [6.45, 7) is 0. The molecule has 0 aliphatic carbocycles. The Labute approximate surface area is 91.5 Å². The van der Waals surface area contributed by atoms with Gasteiger partial charge in [-0.15, -0.1) is 0 Å². The predicted molar refractivity (Wildman–Crippen MR) is 58.2 cm³/mol. The molecule has 0 saturated carbocycles. The first-order chi connectivity index (χ1) is 7.09. The molecule has 0 fully saturated rings. The number of nitrogens with two attached hydrogens (primary N) is 1. The second kappa shape index (κ2) is 5.72. The van der Waals surface area contributed by atoms with E-state index in [-0.39, 0.29) is 5.82 Å². The SMILES string of the molecule is NC(CSCc1cccc(F)c1)C(=O)O. The summed E-state index contributed by atoms with van der Waals surface area (Å²) in [5, 5.41) is 8.52. The summed E-state index contributed by atoms with van der Waals surface area (Å²) in [5.41, 5.74) is 6.15. The number of hydrogen-bond donors (Lipinski definition) is 2. The van der Waals surface area contributed by atoms with E-state index in [0.29, 0.717) is 11.5 Å². The number of hydrogen-bond acceptors (Lipinski definition) is 3. The van der Waals surface area contributed by atoms with Gasteiger partial charge in [-0.25, -0.2) is 4.39 Å². The highest BCUT2D eigenvalue weighted by atomic mass is 32.2. The summed E-state index contributed by atoms with van der Waals surface area (Å²) in [7, 11) is 0. The molecular weight excluding hydrogens is 217 g/mol. The Bertz CT molecular complexity index is 346. The zero-order chi connectivity index (χ0) is 11.3. The quantitative estimate of drug-likeness (QED) is 0.802. The lowest BCUT2D eigenvalue weighted by atomic mass is 10.2. The smallest absolute Gasteiger partial charge is 0.321 e. The van der Waals surface area contributed by atoms with Gasteiger partial charge in [-0.3, -0.25) is 4.79 Å². The van der Waals surface area contributed by atoms with Crippen LogP contribution in [-0.4, -0.2) is 22.9 Å². The fourth-order valence-corrected chi connectivity index (χ4v) is 1.93. The maximum atomic E-state index is 12.8. The van der Waals surface area contributed by atoms with E-state index >= 15 is 0 Å². The Morgan fingerprint density at radius 1 is 1.60 bits per heavy atom. The Hall–Kier alpha value is -1.07. The van der Waals surface area contributed by atoms with E-state index in [0.717, 1.165) is 5.56 Å². The molecule has 82 valence electrons. The molecule has 5 heteroatoms. The van der Waals surface area contributed by atoms with E-state index in [9.17, 15) is 9.18 Å². The molecule has 0 heterocycles. The van der Waals surface area contributed by atoms with Crippen molar-refractivity contribution in [3.8, 4) is 0 Å². The molecule has 1 unspecified atom stereocenters. The lowest BCUT2D eigenvalue weighted by Crippen LogP contribution is -2.32. The summed E-state index contributed by atoms with van der Waals surface area (Å²) >= 11 is 1.38. The van der Waals surface area contributed by atoms with Crippen LogP contribution in [0.5, 0.6) is 0 Å². The minimum atomic E-state index is -1.01. The Balaban J connectivity index is 2.35. The fourth-order valence-electron chi connectivity index (χ4n) is 1.00. The number of rotatable bonds is 5. The molecule has 15 heavy (non-hydrogen) atoms. The van der Waals surface area contributed by atoms with E-state index in [1.807, 2.05) is 0 Å². The number of carbonyl (C=O) groups is 1. The average molecular weight is 229 g/mol. The van der Waals surface area contributed by atoms with E-state index in [1.54, 1.807) is 12.1 Å². The molecule has 0 aliphatic rings. The van der Waals surface area contributed by atoms with Gasteiger partial charge in [0.15, 0.2) is 0 Å². The first kappa shape index (κ1) is 12.0. The third-order valence-electron chi connectivity index (χ3n) is 1.77. The average Bonchev–Trinajstić information content (AvgIpc) is 2.17. The number of halogens is 1. The first-order valence-corrected chi connectivity index (χ1v) is 5.55. The molecule has 0 amide bonds. The van der Waals surface area contributed by atoms with Crippen molar-refractivity contribution in [2.24, 2.45) is 5.73 Å². The van der Waals surface area contributed by atoms with Crippen LogP contribution in [0.3, 0.4) is 0 Å². The molecular formula is C10H12FNO2S. The molecule has 0 aliphatic heterocycles.